The molecule has 6 nitrogen and oxygen atoms in total. The number of rotatable bonds is 4. The molecule has 2 aliphatic heterocycles. The maximum Gasteiger partial charge on any atom is 0.251 e. The van der Waals surface area contributed by atoms with Crippen molar-refractivity contribution in [3.05, 3.63) is 41.3 Å². The van der Waals surface area contributed by atoms with E-state index in [1.165, 1.54) is 12.8 Å². The van der Waals surface area contributed by atoms with Crippen molar-refractivity contribution < 1.29 is 14.1 Å². The summed E-state index contributed by atoms with van der Waals surface area (Å²) in [5.41, 5.74) is 3.39. The van der Waals surface area contributed by atoms with Crippen molar-refractivity contribution in [1.82, 2.24) is 15.4 Å². The van der Waals surface area contributed by atoms with Gasteiger partial charge in [-0.15, -0.1) is 0 Å². The third-order valence-electron chi connectivity index (χ3n) is 5.42. The Labute approximate surface area is 153 Å². The first-order valence-corrected chi connectivity index (χ1v) is 9.29. The third kappa shape index (κ3) is 3.27. The van der Waals surface area contributed by atoms with Gasteiger partial charge in [-0.3, -0.25) is 9.69 Å². The molecule has 0 radical (unpaired) electrons. The number of hydrogen-bond acceptors (Lipinski definition) is 5. The molecular weight excluding hydrogens is 330 g/mol. The van der Waals surface area contributed by atoms with Gasteiger partial charge in [0.05, 0.1) is 31.0 Å². The van der Waals surface area contributed by atoms with E-state index in [0.29, 0.717) is 18.8 Å². The summed E-state index contributed by atoms with van der Waals surface area (Å²) < 4.78 is 10.9. The first-order chi connectivity index (χ1) is 12.6. The molecule has 1 aromatic heterocycles. The number of ether oxygens (including phenoxy) is 1. The Morgan fingerprint density at radius 2 is 2.04 bits per heavy atom. The molecule has 2 saturated heterocycles. The summed E-state index contributed by atoms with van der Waals surface area (Å²) in [4.78, 5) is 15.3. The lowest BCUT2D eigenvalue weighted by atomic mass is 10.0. The van der Waals surface area contributed by atoms with Crippen LogP contribution in [0.4, 0.5) is 0 Å². The lowest BCUT2D eigenvalue weighted by molar-refractivity contribution is 0.0916. The van der Waals surface area contributed by atoms with Gasteiger partial charge < -0.3 is 14.6 Å². The summed E-state index contributed by atoms with van der Waals surface area (Å²) in [6, 6.07) is 7.96. The van der Waals surface area contributed by atoms with Gasteiger partial charge in [-0.25, -0.2) is 0 Å². The minimum absolute atomic E-state index is 0.0447. The fraction of sp³-hybridized carbons (Fsp3) is 0.500. The summed E-state index contributed by atoms with van der Waals surface area (Å²) >= 11 is 0. The Balaban J connectivity index is 1.51. The number of hydrogen-bond donors (Lipinski definition) is 1. The highest BCUT2D eigenvalue weighted by Gasteiger charge is 2.35. The molecule has 2 aliphatic rings. The maximum absolute atomic E-state index is 12.8. The van der Waals surface area contributed by atoms with Gasteiger partial charge in [-0.05, 0) is 57.5 Å². The van der Waals surface area contributed by atoms with Crippen LogP contribution in [0.2, 0.25) is 0 Å². The summed E-state index contributed by atoms with van der Waals surface area (Å²) in [7, 11) is 0. The predicted molar refractivity (Wildman–Crippen MR) is 98.1 cm³/mol. The number of nitrogens with zero attached hydrogens (tertiary/aromatic N) is 2. The smallest absolute Gasteiger partial charge is 0.251 e. The van der Waals surface area contributed by atoms with Gasteiger partial charge in [0.25, 0.3) is 5.91 Å². The molecule has 2 atom stereocenters. The molecule has 6 heteroatoms. The van der Waals surface area contributed by atoms with Crippen molar-refractivity contribution in [1.29, 1.82) is 0 Å². The molecule has 0 bridgehead atoms. The molecule has 2 fully saturated rings. The standard InChI is InChI=1S/C20H25N3O3/c1-13-19(14(2)26-22-13)15-6-5-7-16(10-15)20(24)21-17-11-25-12-18(17)23-8-3-4-9-23/h5-7,10,17-18H,3-4,8-9,11-12H2,1-2H3,(H,21,24)/t17-,18-/m1/s1. The van der Waals surface area contributed by atoms with Crippen molar-refractivity contribution in [2.75, 3.05) is 26.3 Å². The second-order valence-electron chi connectivity index (χ2n) is 7.21. The largest absolute Gasteiger partial charge is 0.378 e. The van der Waals surface area contributed by atoms with Crippen molar-refractivity contribution in [2.24, 2.45) is 0 Å². The lowest BCUT2D eigenvalue weighted by Crippen LogP contribution is -2.50. The van der Waals surface area contributed by atoms with Crippen LogP contribution in [0.3, 0.4) is 0 Å². The van der Waals surface area contributed by atoms with E-state index >= 15 is 0 Å². The summed E-state index contributed by atoms with van der Waals surface area (Å²) in [6.45, 7) is 7.28. The second-order valence-corrected chi connectivity index (χ2v) is 7.21. The Morgan fingerprint density at radius 3 is 2.77 bits per heavy atom. The Hall–Kier alpha value is -2.18. The Kier molecular flexibility index (Phi) is 4.78. The van der Waals surface area contributed by atoms with Crippen molar-refractivity contribution in [3.8, 4) is 11.1 Å². The van der Waals surface area contributed by atoms with Gasteiger partial charge in [-0.2, -0.15) is 0 Å². The van der Waals surface area contributed by atoms with Crippen LogP contribution in [0, 0.1) is 13.8 Å². The molecule has 1 N–H and O–H groups in total. The van der Waals surface area contributed by atoms with E-state index in [1.54, 1.807) is 0 Å². The van der Waals surface area contributed by atoms with Crippen LogP contribution in [0.15, 0.2) is 28.8 Å². The molecular formula is C20H25N3O3. The maximum atomic E-state index is 12.8. The zero-order valence-corrected chi connectivity index (χ0v) is 15.3. The van der Waals surface area contributed by atoms with Crippen molar-refractivity contribution >= 4 is 5.91 Å². The van der Waals surface area contributed by atoms with Gasteiger partial charge in [0.1, 0.15) is 5.76 Å². The topological polar surface area (TPSA) is 67.6 Å². The fourth-order valence-corrected chi connectivity index (χ4v) is 4.08. The van der Waals surface area contributed by atoms with Gasteiger partial charge in [0.15, 0.2) is 0 Å². The highest BCUT2D eigenvalue weighted by atomic mass is 16.5. The van der Waals surface area contributed by atoms with Crippen LogP contribution in [0.25, 0.3) is 11.1 Å². The minimum Gasteiger partial charge on any atom is -0.378 e. The van der Waals surface area contributed by atoms with Crippen LogP contribution in [-0.2, 0) is 4.74 Å². The zero-order valence-electron chi connectivity index (χ0n) is 15.3. The van der Waals surface area contributed by atoms with Crippen LogP contribution in [0.1, 0.15) is 34.7 Å². The second kappa shape index (κ2) is 7.21. The number of aromatic nitrogens is 1. The molecule has 1 amide bonds. The highest BCUT2D eigenvalue weighted by molar-refractivity contribution is 5.95. The molecule has 2 aromatic rings. The normalized spacial score (nSPS) is 23.5. The molecule has 26 heavy (non-hydrogen) atoms. The number of nitrogens with one attached hydrogen (secondary N) is 1. The number of amides is 1. The molecule has 4 rings (SSSR count). The van der Waals surface area contributed by atoms with Crippen molar-refractivity contribution in [2.45, 2.75) is 38.8 Å². The number of carbonyl (C=O) groups excluding carboxylic acids is 1. The average Bonchev–Trinajstić information content (AvgIpc) is 3.37. The molecule has 0 unspecified atom stereocenters. The molecule has 1 aromatic carbocycles. The third-order valence-corrected chi connectivity index (χ3v) is 5.42. The number of aryl methyl sites for hydroxylation is 2. The van der Waals surface area contributed by atoms with Gasteiger partial charge in [0.2, 0.25) is 0 Å². The molecule has 0 saturated carbocycles. The molecule has 0 aliphatic carbocycles. The SMILES string of the molecule is Cc1noc(C)c1-c1cccc(C(=O)N[C@@H]2COC[C@H]2N2CCCC2)c1. The number of benzene rings is 1. The Bertz CT molecular complexity index is 776. The van der Waals surface area contributed by atoms with E-state index in [9.17, 15) is 4.79 Å². The van der Waals surface area contributed by atoms with E-state index in [1.807, 2.05) is 38.1 Å². The number of likely N-dealkylation sites (tertiary alicyclic amines) is 1. The minimum atomic E-state index is -0.0571. The summed E-state index contributed by atoms with van der Waals surface area (Å²) in [5, 5.41) is 7.19. The van der Waals surface area contributed by atoms with Crippen molar-refractivity contribution in [3.63, 3.8) is 0 Å². The van der Waals surface area contributed by atoms with E-state index < -0.39 is 0 Å². The van der Waals surface area contributed by atoms with Crippen LogP contribution >= 0.6 is 0 Å². The van der Waals surface area contributed by atoms with Crippen LogP contribution in [0.5, 0.6) is 0 Å². The predicted octanol–water partition coefficient (Wildman–Crippen LogP) is 2.55. The summed E-state index contributed by atoms with van der Waals surface area (Å²) in [6.07, 6.45) is 2.47. The van der Waals surface area contributed by atoms with Crippen LogP contribution in [-0.4, -0.2) is 54.4 Å². The van der Waals surface area contributed by atoms with Gasteiger partial charge in [-0.1, -0.05) is 17.3 Å². The number of carbonyl (C=O) groups is 1. The zero-order chi connectivity index (χ0) is 18.1. The quantitative estimate of drug-likeness (QED) is 0.913. The van der Waals surface area contributed by atoms with E-state index in [-0.39, 0.29) is 18.0 Å². The van der Waals surface area contributed by atoms with Gasteiger partial charge in [0, 0.05) is 11.1 Å². The lowest BCUT2D eigenvalue weighted by Gasteiger charge is -2.28. The van der Waals surface area contributed by atoms with E-state index in [2.05, 4.69) is 15.4 Å². The average molecular weight is 355 g/mol. The fourth-order valence-electron chi connectivity index (χ4n) is 4.08. The summed E-state index contributed by atoms with van der Waals surface area (Å²) in [5.74, 6) is 0.705. The molecule has 138 valence electrons. The Morgan fingerprint density at radius 1 is 1.23 bits per heavy atom. The molecule has 3 heterocycles. The monoisotopic (exact) mass is 355 g/mol. The molecule has 0 spiro atoms. The first kappa shape index (κ1) is 17.2. The van der Waals surface area contributed by atoms with Crippen LogP contribution < -0.4 is 5.32 Å². The first-order valence-electron chi connectivity index (χ1n) is 9.29. The van der Waals surface area contributed by atoms with Gasteiger partial charge >= 0.3 is 0 Å². The van der Waals surface area contributed by atoms with E-state index in [0.717, 1.165) is 35.7 Å². The highest BCUT2D eigenvalue weighted by Crippen LogP contribution is 2.27. The van der Waals surface area contributed by atoms with E-state index in [4.69, 9.17) is 9.26 Å².